The van der Waals surface area contributed by atoms with Gasteiger partial charge >= 0.3 is 17.6 Å². The molecule has 0 saturated carbocycles. The summed E-state index contributed by atoms with van der Waals surface area (Å²) in [6.45, 7) is 5.98. The number of carbonyl (C=O) groups excluding carboxylic acids is 2. The average Bonchev–Trinajstić information content (AvgIpc) is 2.49. The molecule has 0 N–H and O–H groups in total. The van der Waals surface area contributed by atoms with E-state index in [-0.39, 0.29) is 5.58 Å². The van der Waals surface area contributed by atoms with Crippen LogP contribution < -0.4 is 10.4 Å². The Morgan fingerprint density at radius 3 is 2.32 bits per heavy atom. The summed E-state index contributed by atoms with van der Waals surface area (Å²) in [4.78, 5) is 34.9. The Labute approximate surface area is 143 Å². The van der Waals surface area contributed by atoms with Crippen molar-refractivity contribution < 1.29 is 28.2 Å². The Bertz CT molecular complexity index is 909. The molecule has 0 amide bonds. The lowest BCUT2D eigenvalue weighted by Crippen LogP contribution is -2.52. The fourth-order valence-electron chi connectivity index (χ4n) is 3.03. The Morgan fingerprint density at radius 2 is 1.68 bits per heavy atom. The van der Waals surface area contributed by atoms with Crippen molar-refractivity contribution in [2.75, 3.05) is 0 Å². The molecule has 25 heavy (non-hydrogen) atoms. The van der Waals surface area contributed by atoms with E-state index in [1.54, 1.807) is 32.0 Å². The van der Waals surface area contributed by atoms with Crippen molar-refractivity contribution in [3.63, 3.8) is 0 Å². The first-order chi connectivity index (χ1) is 11.7. The molecule has 1 aliphatic rings. The van der Waals surface area contributed by atoms with Gasteiger partial charge in [-0.1, -0.05) is 0 Å². The van der Waals surface area contributed by atoms with Crippen molar-refractivity contribution >= 4 is 22.9 Å². The maximum atomic E-state index is 11.7. The van der Waals surface area contributed by atoms with E-state index in [1.165, 1.54) is 19.9 Å². The summed E-state index contributed by atoms with van der Waals surface area (Å²) in [5.41, 5.74) is -0.891. The van der Waals surface area contributed by atoms with Gasteiger partial charge in [-0.15, -0.1) is 0 Å². The van der Waals surface area contributed by atoms with Crippen LogP contribution in [0, 0.1) is 0 Å². The predicted octanol–water partition coefficient (Wildman–Crippen LogP) is 2.50. The SMILES string of the molecule is CC(=O)O[C@@H]1[C@@H](OC(C)=O)c2c(ccc3ccc(=O)oc23)OC1(C)C. The molecule has 0 spiro atoms. The van der Waals surface area contributed by atoms with Gasteiger partial charge in [-0.05, 0) is 32.0 Å². The van der Waals surface area contributed by atoms with Gasteiger partial charge in [0.15, 0.2) is 12.2 Å². The summed E-state index contributed by atoms with van der Waals surface area (Å²) < 4.78 is 22.1. The van der Waals surface area contributed by atoms with Gasteiger partial charge in [0.05, 0.1) is 5.56 Å². The van der Waals surface area contributed by atoms with E-state index < -0.39 is 35.4 Å². The minimum atomic E-state index is -0.964. The molecule has 1 aromatic heterocycles. The zero-order chi connectivity index (χ0) is 18.4. The maximum absolute atomic E-state index is 11.7. The molecule has 1 aliphatic heterocycles. The Balaban J connectivity index is 2.28. The fraction of sp³-hybridized carbons (Fsp3) is 0.389. The fourth-order valence-corrected chi connectivity index (χ4v) is 3.03. The van der Waals surface area contributed by atoms with E-state index in [0.29, 0.717) is 16.7 Å². The van der Waals surface area contributed by atoms with Gasteiger partial charge in [-0.3, -0.25) is 9.59 Å². The molecule has 0 saturated heterocycles. The second kappa shape index (κ2) is 5.91. The molecular formula is C18H18O7. The minimum absolute atomic E-state index is 0.240. The number of benzene rings is 1. The van der Waals surface area contributed by atoms with Crippen LogP contribution in [-0.2, 0) is 19.1 Å². The molecular weight excluding hydrogens is 328 g/mol. The summed E-state index contributed by atoms with van der Waals surface area (Å²) in [5, 5.41) is 0.639. The highest BCUT2D eigenvalue weighted by atomic mass is 16.6. The van der Waals surface area contributed by atoms with Crippen LogP contribution in [0.25, 0.3) is 11.0 Å². The van der Waals surface area contributed by atoms with Gasteiger partial charge in [0, 0.05) is 25.3 Å². The highest BCUT2D eigenvalue weighted by molar-refractivity contribution is 5.83. The van der Waals surface area contributed by atoms with E-state index in [4.69, 9.17) is 18.6 Å². The van der Waals surface area contributed by atoms with Crippen molar-refractivity contribution in [2.24, 2.45) is 0 Å². The van der Waals surface area contributed by atoms with Gasteiger partial charge in [0.1, 0.15) is 16.9 Å². The molecule has 0 radical (unpaired) electrons. The Morgan fingerprint density at radius 1 is 1.04 bits per heavy atom. The van der Waals surface area contributed by atoms with Crippen LogP contribution in [0.5, 0.6) is 5.75 Å². The lowest BCUT2D eigenvalue weighted by atomic mass is 9.87. The number of fused-ring (bicyclic) bond motifs is 3. The van der Waals surface area contributed by atoms with E-state index in [0.717, 1.165) is 0 Å². The van der Waals surface area contributed by atoms with Gasteiger partial charge in [-0.25, -0.2) is 4.79 Å². The molecule has 2 heterocycles. The molecule has 0 aliphatic carbocycles. The van der Waals surface area contributed by atoms with Crippen LogP contribution in [0.15, 0.2) is 33.5 Å². The van der Waals surface area contributed by atoms with Crippen molar-refractivity contribution in [2.45, 2.75) is 45.5 Å². The van der Waals surface area contributed by atoms with Crippen LogP contribution in [0.4, 0.5) is 0 Å². The average molecular weight is 346 g/mol. The smallest absolute Gasteiger partial charge is 0.336 e. The molecule has 0 unspecified atom stereocenters. The lowest BCUT2D eigenvalue weighted by Gasteiger charge is -2.43. The van der Waals surface area contributed by atoms with E-state index in [1.807, 2.05) is 0 Å². The summed E-state index contributed by atoms with van der Waals surface area (Å²) in [6.07, 6.45) is -1.87. The highest BCUT2D eigenvalue weighted by Crippen LogP contribution is 2.46. The second-order valence-electron chi connectivity index (χ2n) is 6.42. The van der Waals surface area contributed by atoms with Crippen LogP contribution in [0.2, 0.25) is 0 Å². The third kappa shape index (κ3) is 3.09. The van der Waals surface area contributed by atoms with E-state index >= 15 is 0 Å². The normalized spacial score (nSPS) is 21.1. The number of esters is 2. The first-order valence-corrected chi connectivity index (χ1v) is 7.79. The molecule has 2 aromatic rings. The standard InChI is InChI=1S/C18H18O7/c1-9(19)22-16-14-12(25-18(3,4)17(16)23-10(2)20)7-5-11-6-8-13(21)24-15(11)14/h5-8,16-17H,1-4H3/t16-,17+/m0/s1. The number of hydrogen-bond acceptors (Lipinski definition) is 7. The monoisotopic (exact) mass is 346 g/mol. The van der Waals surface area contributed by atoms with Crippen LogP contribution >= 0.6 is 0 Å². The lowest BCUT2D eigenvalue weighted by molar-refractivity contribution is -0.187. The van der Waals surface area contributed by atoms with Crippen LogP contribution in [-0.4, -0.2) is 23.6 Å². The van der Waals surface area contributed by atoms with E-state index in [2.05, 4.69) is 0 Å². The van der Waals surface area contributed by atoms with Gasteiger partial charge < -0.3 is 18.6 Å². The van der Waals surface area contributed by atoms with Gasteiger partial charge in [0.2, 0.25) is 0 Å². The third-order valence-corrected chi connectivity index (χ3v) is 3.99. The molecule has 1 aromatic carbocycles. The number of carbonyl (C=O) groups is 2. The van der Waals surface area contributed by atoms with Crippen LogP contribution in [0.3, 0.4) is 0 Å². The number of hydrogen-bond donors (Lipinski definition) is 0. The Kier molecular flexibility index (Phi) is 4.02. The third-order valence-electron chi connectivity index (χ3n) is 3.99. The summed E-state index contributed by atoms with van der Waals surface area (Å²) in [5.74, 6) is -0.688. The minimum Gasteiger partial charge on any atom is -0.483 e. The van der Waals surface area contributed by atoms with Crippen molar-refractivity contribution in [3.05, 3.63) is 40.2 Å². The first-order valence-electron chi connectivity index (χ1n) is 7.79. The second-order valence-corrected chi connectivity index (χ2v) is 6.42. The summed E-state index contributed by atoms with van der Waals surface area (Å²) in [6, 6.07) is 6.35. The maximum Gasteiger partial charge on any atom is 0.336 e. The zero-order valence-corrected chi connectivity index (χ0v) is 14.3. The summed E-state index contributed by atoms with van der Waals surface area (Å²) in [7, 11) is 0. The molecule has 7 nitrogen and oxygen atoms in total. The number of rotatable bonds is 2. The molecule has 0 bridgehead atoms. The predicted molar refractivity (Wildman–Crippen MR) is 87.3 cm³/mol. The first kappa shape index (κ1) is 17.0. The zero-order valence-electron chi connectivity index (χ0n) is 14.3. The van der Waals surface area contributed by atoms with Gasteiger partial charge in [0.25, 0.3) is 0 Å². The molecule has 3 rings (SSSR count). The number of ether oxygens (including phenoxy) is 3. The highest BCUT2D eigenvalue weighted by Gasteiger charge is 2.49. The topological polar surface area (TPSA) is 92.0 Å². The van der Waals surface area contributed by atoms with E-state index in [9.17, 15) is 14.4 Å². The molecule has 0 fully saturated rings. The van der Waals surface area contributed by atoms with Crippen molar-refractivity contribution in [1.82, 2.24) is 0 Å². The quantitative estimate of drug-likeness (QED) is 0.609. The molecule has 2 atom stereocenters. The molecule has 132 valence electrons. The molecule has 7 heteroatoms. The summed E-state index contributed by atoms with van der Waals surface area (Å²) >= 11 is 0. The van der Waals surface area contributed by atoms with Crippen molar-refractivity contribution in [3.8, 4) is 5.75 Å². The largest absolute Gasteiger partial charge is 0.483 e. The van der Waals surface area contributed by atoms with Crippen molar-refractivity contribution in [1.29, 1.82) is 0 Å². The Hall–Kier alpha value is -2.83. The van der Waals surface area contributed by atoms with Gasteiger partial charge in [-0.2, -0.15) is 0 Å². The van der Waals surface area contributed by atoms with Crippen LogP contribution in [0.1, 0.15) is 39.4 Å².